The summed E-state index contributed by atoms with van der Waals surface area (Å²) in [4.78, 5) is 15.2. The van der Waals surface area contributed by atoms with Gasteiger partial charge in [0, 0.05) is 33.1 Å². The molecule has 2 rings (SSSR count). The normalized spacial score (nSPS) is 16.8. The zero-order valence-electron chi connectivity index (χ0n) is 13.2. The third-order valence-corrected chi connectivity index (χ3v) is 3.25. The number of halogens is 2. The van der Waals surface area contributed by atoms with Crippen molar-refractivity contribution in [3.05, 3.63) is 11.8 Å². The van der Waals surface area contributed by atoms with Gasteiger partial charge in [0.15, 0.2) is 5.82 Å². The number of nitrogens with zero attached hydrogens (tertiary/aromatic N) is 3. The van der Waals surface area contributed by atoms with E-state index in [1.807, 2.05) is 0 Å². The van der Waals surface area contributed by atoms with Crippen LogP contribution in [0.25, 0.3) is 0 Å². The van der Waals surface area contributed by atoms with Gasteiger partial charge in [-0.2, -0.15) is 0 Å². The maximum absolute atomic E-state index is 13.5. The van der Waals surface area contributed by atoms with E-state index in [0.717, 1.165) is 13.2 Å². The number of carbonyl (C=O) groups is 1. The van der Waals surface area contributed by atoms with Crippen LogP contribution in [0.2, 0.25) is 0 Å². The summed E-state index contributed by atoms with van der Waals surface area (Å²) in [6.07, 6.45) is 0.573. The number of carbonyl (C=O) groups excluding carboxylic acids is 1. The highest BCUT2D eigenvalue weighted by Gasteiger charge is 2.35. The summed E-state index contributed by atoms with van der Waals surface area (Å²) in [5, 5.41) is 3.67. The number of amides is 1. The zero-order chi connectivity index (χ0) is 16.5. The summed E-state index contributed by atoms with van der Waals surface area (Å²) in [6.45, 7) is 7.77. The largest absolute Gasteiger partial charge is 0.444 e. The highest BCUT2D eigenvalue weighted by molar-refractivity contribution is 5.68. The van der Waals surface area contributed by atoms with E-state index < -0.39 is 17.6 Å². The SMILES string of the molecule is CC(C)(C)OC(=O)N1CCN(c2nocc2C(C)(F)F)CC1. The van der Waals surface area contributed by atoms with Crippen molar-refractivity contribution in [3.63, 3.8) is 0 Å². The van der Waals surface area contributed by atoms with Crippen molar-refractivity contribution in [2.75, 3.05) is 31.1 Å². The molecule has 1 saturated heterocycles. The second-order valence-electron chi connectivity index (χ2n) is 6.39. The Balaban J connectivity index is 1.99. The first-order valence-electron chi connectivity index (χ1n) is 7.13. The number of hydrogen-bond acceptors (Lipinski definition) is 5. The minimum Gasteiger partial charge on any atom is -0.444 e. The molecule has 0 radical (unpaired) electrons. The Labute approximate surface area is 128 Å². The van der Waals surface area contributed by atoms with Crippen molar-refractivity contribution < 1.29 is 22.8 Å². The van der Waals surface area contributed by atoms with E-state index in [4.69, 9.17) is 4.74 Å². The van der Waals surface area contributed by atoms with E-state index >= 15 is 0 Å². The molecule has 0 atom stereocenters. The van der Waals surface area contributed by atoms with Crippen LogP contribution in [-0.2, 0) is 10.7 Å². The van der Waals surface area contributed by atoms with Gasteiger partial charge in [-0.1, -0.05) is 5.16 Å². The number of rotatable bonds is 2. The number of aromatic nitrogens is 1. The Morgan fingerprint density at radius 3 is 2.32 bits per heavy atom. The molecule has 2 heterocycles. The van der Waals surface area contributed by atoms with Crippen LogP contribution in [0.5, 0.6) is 0 Å². The highest BCUT2D eigenvalue weighted by atomic mass is 19.3. The van der Waals surface area contributed by atoms with Crippen LogP contribution >= 0.6 is 0 Å². The number of anilines is 1. The Morgan fingerprint density at radius 1 is 1.23 bits per heavy atom. The standard InChI is InChI=1S/C14H21F2N3O3/c1-13(2,3)22-12(20)19-7-5-18(6-8-19)11-10(9-21-17-11)14(4,15)16/h9H,5-8H2,1-4H3. The molecule has 1 aliphatic heterocycles. The second-order valence-corrected chi connectivity index (χ2v) is 6.39. The summed E-state index contributed by atoms with van der Waals surface area (Å²) < 4.78 is 36.9. The molecule has 0 saturated carbocycles. The first kappa shape index (κ1) is 16.5. The van der Waals surface area contributed by atoms with Crippen molar-refractivity contribution in [2.45, 2.75) is 39.2 Å². The van der Waals surface area contributed by atoms with Crippen LogP contribution in [0.1, 0.15) is 33.3 Å². The second kappa shape index (κ2) is 5.73. The van der Waals surface area contributed by atoms with Gasteiger partial charge in [-0.25, -0.2) is 13.6 Å². The van der Waals surface area contributed by atoms with Crippen molar-refractivity contribution in [3.8, 4) is 0 Å². The Bertz CT molecular complexity index is 526. The first-order chi connectivity index (χ1) is 10.1. The molecule has 0 aromatic carbocycles. The van der Waals surface area contributed by atoms with Crippen molar-refractivity contribution in [1.29, 1.82) is 0 Å². The Hall–Kier alpha value is -1.86. The van der Waals surface area contributed by atoms with Crippen LogP contribution in [-0.4, -0.2) is 47.9 Å². The smallest absolute Gasteiger partial charge is 0.410 e. The molecule has 0 N–H and O–H groups in total. The molecule has 1 aromatic rings. The zero-order valence-corrected chi connectivity index (χ0v) is 13.2. The van der Waals surface area contributed by atoms with Gasteiger partial charge in [0.2, 0.25) is 0 Å². The summed E-state index contributed by atoms with van der Waals surface area (Å²) in [5.41, 5.74) is -0.796. The van der Waals surface area contributed by atoms with Gasteiger partial charge < -0.3 is 19.1 Å². The van der Waals surface area contributed by atoms with Crippen molar-refractivity contribution in [1.82, 2.24) is 10.1 Å². The van der Waals surface area contributed by atoms with E-state index in [1.165, 1.54) is 0 Å². The van der Waals surface area contributed by atoms with E-state index in [-0.39, 0.29) is 11.4 Å². The molecule has 6 nitrogen and oxygen atoms in total. The summed E-state index contributed by atoms with van der Waals surface area (Å²) in [5.74, 6) is -2.88. The van der Waals surface area contributed by atoms with Crippen molar-refractivity contribution >= 4 is 11.9 Å². The molecular weight excluding hydrogens is 296 g/mol. The summed E-state index contributed by atoms with van der Waals surface area (Å²) in [6, 6.07) is 0. The third kappa shape index (κ3) is 3.86. The number of piperazine rings is 1. The monoisotopic (exact) mass is 317 g/mol. The van der Waals surface area contributed by atoms with Crippen molar-refractivity contribution in [2.24, 2.45) is 0 Å². The Kier molecular flexibility index (Phi) is 4.30. The average molecular weight is 317 g/mol. The molecular formula is C14H21F2N3O3. The summed E-state index contributed by atoms with van der Waals surface area (Å²) >= 11 is 0. The van der Waals surface area contributed by atoms with Gasteiger partial charge in [0.05, 0.1) is 0 Å². The molecule has 1 amide bonds. The first-order valence-corrected chi connectivity index (χ1v) is 7.13. The van der Waals surface area contributed by atoms with Gasteiger partial charge in [0.25, 0.3) is 5.92 Å². The quantitative estimate of drug-likeness (QED) is 0.839. The Morgan fingerprint density at radius 2 is 1.82 bits per heavy atom. The lowest BCUT2D eigenvalue weighted by atomic mass is 10.2. The highest BCUT2D eigenvalue weighted by Crippen LogP contribution is 2.34. The molecule has 1 aliphatic rings. The number of hydrogen-bond donors (Lipinski definition) is 0. The number of alkyl halides is 2. The number of ether oxygens (including phenoxy) is 1. The van der Waals surface area contributed by atoms with Gasteiger partial charge in [0.1, 0.15) is 17.4 Å². The fourth-order valence-electron chi connectivity index (χ4n) is 2.19. The maximum atomic E-state index is 13.5. The van der Waals surface area contributed by atoms with Crippen LogP contribution in [0.4, 0.5) is 19.4 Å². The lowest BCUT2D eigenvalue weighted by molar-refractivity contribution is 0.0163. The summed E-state index contributed by atoms with van der Waals surface area (Å²) in [7, 11) is 0. The predicted molar refractivity (Wildman–Crippen MR) is 76.1 cm³/mol. The lowest BCUT2D eigenvalue weighted by Gasteiger charge is -2.36. The third-order valence-electron chi connectivity index (χ3n) is 3.25. The van der Waals surface area contributed by atoms with Crippen LogP contribution in [0, 0.1) is 0 Å². The molecule has 0 bridgehead atoms. The fraction of sp³-hybridized carbons (Fsp3) is 0.714. The molecule has 1 aromatic heterocycles. The predicted octanol–water partition coefficient (Wildman–Crippen LogP) is 2.84. The molecule has 0 spiro atoms. The fourth-order valence-corrected chi connectivity index (χ4v) is 2.19. The molecule has 8 heteroatoms. The van der Waals surface area contributed by atoms with E-state index in [9.17, 15) is 13.6 Å². The van der Waals surface area contributed by atoms with Crippen LogP contribution in [0.15, 0.2) is 10.8 Å². The van der Waals surface area contributed by atoms with E-state index in [0.29, 0.717) is 26.2 Å². The maximum Gasteiger partial charge on any atom is 0.410 e. The average Bonchev–Trinajstić information content (AvgIpc) is 2.86. The van der Waals surface area contributed by atoms with Gasteiger partial charge in [-0.05, 0) is 20.8 Å². The molecule has 124 valence electrons. The van der Waals surface area contributed by atoms with Gasteiger partial charge >= 0.3 is 6.09 Å². The topological polar surface area (TPSA) is 58.8 Å². The minimum absolute atomic E-state index is 0.135. The van der Waals surface area contributed by atoms with Gasteiger partial charge in [-0.15, -0.1) is 0 Å². The molecule has 22 heavy (non-hydrogen) atoms. The lowest BCUT2D eigenvalue weighted by Crippen LogP contribution is -2.50. The molecule has 0 unspecified atom stereocenters. The van der Waals surface area contributed by atoms with Crippen LogP contribution < -0.4 is 4.90 Å². The molecule has 1 fully saturated rings. The minimum atomic E-state index is -3.02. The van der Waals surface area contributed by atoms with Crippen LogP contribution in [0.3, 0.4) is 0 Å². The molecule has 0 aliphatic carbocycles. The van der Waals surface area contributed by atoms with E-state index in [2.05, 4.69) is 9.68 Å². The van der Waals surface area contributed by atoms with Gasteiger partial charge in [-0.3, -0.25) is 0 Å². The van der Waals surface area contributed by atoms with E-state index in [1.54, 1.807) is 30.6 Å².